The van der Waals surface area contributed by atoms with Crippen molar-refractivity contribution in [2.75, 3.05) is 26.2 Å². The van der Waals surface area contributed by atoms with Crippen LogP contribution in [0.1, 0.15) is 19.3 Å². The number of rotatable bonds is 5. The molecule has 0 aromatic rings. The fourth-order valence-electron chi connectivity index (χ4n) is 1.30. The van der Waals surface area contributed by atoms with Crippen molar-refractivity contribution in [3.63, 3.8) is 0 Å². The first kappa shape index (κ1) is 8.97. The Morgan fingerprint density at radius 1 is 1.55 bits per heavy atom. The Balaban J connectivity index is 1.86. The first-order chi connectivity index (χ1) is 5.43. The van der Waals surface area contributed by atoms with Crippen molar-refractivity contribution < 1.29 is 4.74 Å². The number of hydrogen-bond acceptors (Lipinski definition) is 3. The van der Waals surface area contributed by atoms with E-state index in [0.29, 0.717) is 6.10 Å². The Kier molecular flexibility index (Phi) is 4.50. The van der Waals surface area contributed by atoms with Gasteiger partial charge >= 0.3 is 0 Å². The van der Waals surface area contributed by atoms with Crippen LogP contribution in [0, 0.1) is 0 Å². The molecule has 1 unspecified atom stereocenters. The molecule has 3 N–H and O–H groups in total. The van der Waals surface area contributed by atoms with Crippen molar-refractivity contribution >= 4 is 0 Å². The second-order valence-corrected chi connectivity index (χ2v) is 2.98. The van der Waals surface area contributed by atoms with Crippen LogP contribution < -0.4 is 11.1 Å². The highest BCUT2D eigenvalue weighted by Crippen LogP contribution is 2.10. The average molecular weight is 158 g/mol. The van der Waals surface area contributed by atoms with Crippen molar-refractivity contribution in [2.45, 2.75) is 25.4 Å². The molecule has 1 atom stereocenters. The van der Waals surface area contributed by atoms with Gasteiger partial charge in [-0.05, 0) is 32.4 Å². The van der Waals surface area contributed by atoms with Crippen molar-refractivity contribution in [2.24, 2.45) is 5.73 Å². The second-order valence-electron chi connectivity index (χ2n) is 2.98. The predicted molar refractivity (Wildman–Crippen MR) is 45.5 cm³/mol. The molecule has 0 aromatic heterocycles. The summed E-state index contributed by atoms with van der Waals surface area (Å²) >= 11 is 0. The molecule has 11 heavy (non-hydrogen) atoms. The van der Waals surface area contributed by atoms with E-state index in [1.165, 1.54) is 12.8 Å². The van der Waals surface area contributed by atoms with Gasteiger partial charge in [-0.2, -0.15) is 0 Å². The van der Waals surface area contributed by atoms with Crippen LogP contribution in [-0.4, -0.2) is 32.3 Å². The molecule has 1 aliphatic heterocycles. The molecular weight excluding hydrogens is 140 g/mol. The van der Waals surface area contributed by atoms with Gasteiger partial charge in [0.05, 0.1) is 6.10 Å². The summed E-state index contributed by atoms with van der Waals surface area (Å²) in [5.74, 6) is 0. The van der Waals surface area contributed by atoms with Gasteiger partial charge in [-0.25, -0.2) is 0 Å². The third-order valence-electron chi connectivity index (χ3n) is 1.95. The summed E-state index contributed by atoms with van der Waals surface area (Å²) in [6.07, 6.45) is 3.97. The Hall–Kier alpha value is -0.120. The molecule has 3 nitrogen and oxygen atoms in total. The van der Waals surface area contributed by atoms with Crippen molar-refractivity contribution in [1.29, 1.82) is 0 Å². The first-order valence-electron chi connectivity index (χ1n) is 4.46. The quantitative estimate of drug-likeness (QED) is 0.558. The third-order valence-corrected chi connectivity index (χ3v) is 1.95. The smallest absolute Gasteiger partial charge is 0.0700 e. The summed E-state index contributed by atoms with van der Waals surface area (Å²) < 4.78 is 5.44. The van der Waals surface area contributed by atoms with Crippen LogP contribution in [0.4, 0.5) is 0 Å². The lowest BCUT2D eigenvalue weighted by Crippen LogP contribution is -2.27. The number of nitrogens with one attached hydrogen (secondary N) is 1. The van der Waals surface area contributed by atoms with Crippen molar-refractivity contribution in [1.82, 2.24) is 5.32 Å². The molecule has 0 saturated carbocycles. The maximum Gasteiger partial charge on any atom is 0.0700 e. The minimum absolute atomic E-state index is 0.466. The fraction of sp³-hybridized carbons (Fsp3) is 1.00. The Bertz CT molecular complexity index is 92.1. The SMILES string of the molecule is NCCCNCC1CCCO1. The highest BCUT2D eigenvalue weighted by molar-refractivity contribution is 4.67. The Morgan fingerprint density at radius 2 is 2.45 bits per heavy atom. The van der Waals surface area contributed by atoms with E-state index in [1.807, 2.05) is 0 Å². The zero-order valence-electron chi connectivity index (χ0n) is 7.01. The predicted octanol–water partition coefficient (Wildman–Crippen LogP) is 0.104. The highest BCUT2D eigenvalue weighted by Gasteiger charge is 2.13. The van der Waals surface area contributed by atoms with Crippen LogP contribution >= 0.6 is 0 Å². The van der Waals surface area contributed by atoms with Gasteiger partial charge in [0.1, 0.15) is 0 Å². The molecule has 0 bridgehead atoms. The normalized spacial score (nSPS) is 24.3. The molecule has 1 heterocycles. The van der Waals surface area contributed by atoms with E-state index < -0.39 is 0 Å². The molecule has 3 heteroatoms. The van der Waals surface area contributed by atoms with E-state index in [2.05, 4.69) is 5.32 Å². The average Bonchev–Trinajstić information content (AvgIpc) is 2.50. The standard InChI is InChI=1S/C8H18N2O/c9-4-2-5-10-7-8-3-1-6-11-8/h8,10H,1-7,9H2. The van der Waals surface area contributed by atoms with Gasteiger partial charge in [-0.3, -0.25) is 0 Å². The highest BCUT2D eigenvalue weighted by atomic mass is 16.5. The van der Waals surface area contributed by atoms with E-state index in [9.17, 15) is 0 Å². The van der Waals surface area contributed by atoms with Gasteiger partial charge in [-0.1, -0.05) is 0 Å². The Labute approximate surface area is 68.3 Å². The summed E-state index contributed by atoms with van der Waals surface area (Å²) in [5, 5.41) is 3.32. The first-order valence-corrected chi connectivity index (χ1v) is 4.46. The van der Waals surface area contributed by atoms with Crippen molar-refractivity contribution in [3.8, 4) is 0 Å². The van der Waals surface area contributed by atoms with Gasteiger partial charge < -0.3 is 15.8 Å². The number of nitrogens with two attached hydrogens (primary N) is 1. The van der Waals surface area contributed by atoms with Gasteiger partial charge in [-0.15, -0.1) is 0 Å². The molecule has 0 aliphatic carbocycles. The minimum Gasteiger partial charge on any atom is -0.377 e. The molecule has 1 saturated heterocycles. The van der Waals surface area contributed by atoms with Gasteiger partial charge in [0, 0.05) is 13.2 Å². The summed E-state index contributed by atoms with van der Waals surface area (Å²) in [6.45, 7) is 3.75. The van der Waals surface area contributed by atoms with Gasteiger partial charge in [0.15, 0.2) is 0 Å². The van der Waals surface area contributed by atoms with Crippen LogP contribution in [0.5, 0.6) is 0 Å². The zero-order valence-corrected chi connectivity index (χ0v) is 7.01. The van der Waals surface area contributed by atoms with E-state index in [-0.39, 0.29) is 0 Å². The van der Waals surface area contributed by atoms with Crippen molar-refractivity contribution in [3.05, 3.63) is 0 Å². The largest absolute Gasteiger partial charge is 0.377 e. The topological polar surface area (TPSA) is 47.3 Å². The van der Waals surface area contributed by atoms with Crippen LogP contribution in [0.15, 0.2) is 0 Å². The summed E-state index contributed by atoms with van der Waals surface area (Å²) in [6, 6.07) is 0. The molecule has 66 valence electrons. The lowest BCUT2D eigenvalue weighted by atomic mass is 10.2. The van der Waals surface area contributed by atoms with Gasteiger partial charge in [0.25, 0.3) is 0 Å². The fourth-order valence-corrected chi connectivity index (χ4v) is 1.30. The monoisotopic (exact) mass is 158 g/mol. The maximum atomic E-state index is 5.44. The third kappa shape index (κ3) is 3.70. The maximum absolute atomic E-state index is 5.44. The molecule has 0 amide bonds. The molecule has 1 fully saturated rings. The molecular formula is C8H18N2O. The second kappa shape index (κ2) is 5.52. The minimum atomic E-state index is 0.466. The van der Waals surface area contributed by atoms with E-state index in [4.69, 9.17) is 10.5 Å². The lowest BCUT2D eigenvalue weighted by molar-refractivity contribution is 0.110. The summed E-state index contributed by atoms with van der Waals surface area (Å²) in [4.78, 5) is 0. The number of hydrogen-bond donors (Lipinski definition) is 2. The van der Waals surface area contributed by atoms with E-state index in [0.717, 1.165) is 32.7 Å². The lowest BCUT2D eigenvalue weighted by Gasteiger charge is -2.09. The van der Waals surface area contributed by atoms with Crippen LogP contribution in [0.25, 0.3) is 0 Å². The van der Waals surface area contributed by atoms with Gasteiger partial charge in [0.2, 0.25) is 0 Å². The van der Waals surface area contributed by atoms with E-state index in [1.54, 1.807) is 0 Å². The molecule has 1 aliphatic rings. The molecule has 0 aromatic carbocycles. The van der Waals surface area contributed by atoms with Crippen LogP contribution in [-0.2, 0) is 4.74 Å². The molecule has 0 radical (unpaired) electrons. The summed E-state index contributed by atoms with van der Waals surface area (Å²) in [7, 11) is 0. The zero-order chi connectivity index (χ0) is 7.94. The Morgan fingerprint density at radius 3 is 3.09 bits per heavy atom. The van der Waals surface area contributed by atoms with Crippen LogP contribution in [0.3, 0.4) is 0 Å². The van der Waals surface area contributed by atoms with Crippen LogP contribution in [0.2, 0.25) is 0 Å². The summed E-state index contributed by atoms with van der Waals surface area (Å²) in [5.41, 5.74) is 5.35. The van der Waals surface area contributed by atoms with E-state index >= 15 is 0 Å². The molecule has 1 rings (SSSR count). The number of ether oxygens (including phenoxy) is 1. The molecule has 0 spiro atoms.